The van der Waals surface area contributed by atoms with Crippen LogP contribution in [0.15, 0.2) is 96.3 Å². The van der Waals surface area contributed by atoms with Crippen LogP contribution in [0, 0.1) is 6.92 Å². The number of thioether (sulfide) groups is 1. The molecule has 0 spiro atoms. The summed E-state index contributed by atoms with van der Waals surface area (Å²) in [6, 6.07) is 28.6. The van der Waals surface area contributed by atoms with E-state index in [1.165, 1.54) is 22.9 Å². The summed E-state index contributed by atoms with van der Waals surface area (Å²) in [5.41, 5.74) is 5.40. The molecule has 0 fully saturated rings. The zero-order chi connectivity index (χ0) is 21.5. The molecule has 156 valence electrons. The lowest BCUT2D eigenvalue weighted by atomic mass is 10.1. The van der Waals surface area contributed by atoms with Crippen LogP contribution in [0.3, 0.4) is 0 Å². The van der Waals surface area contributed by atoms with E-state index in [0.717, 1.165) is 28.5 Å². The number of aromatic nitrogens is 2. The number of carbonyl (C=O) groups excluding carboxylic acids is 1. The molecule has 4 nitrogen and oxygen atoms in total. The Morgan fingerprint density at radius 2 is 1.71 bits per heavy atom. The van der Waals surface area contributed by atoms with Gasteiger partial charge in [-0.2, -0.15) is 0 Å². The molecule has 0 saturated carbocycles. The normalized spacial score (nSPS) is 10.7. The van der Waals surface area contributed by atoms with E-state index < -0.39 is 0 Å². The van der Waals surface area contributed by atoms with Crippen LogP contribution in [-0.2, 0) is 11.2 Å². The maximum absolute atomic E-state index is 12.4. The third-order valence-corrected chi connectivity index (χ3v) is 5.89. The summed E-state index contributed by atoms with van der Waals surface area (Å²) in [5, 5.41) is 3.82. The maximum atomic E-state index is 12.4. The number of hydrogen-bond acceptors (Lipinski definition) is 3. The third kappa shape index (κ3) is 5.64. The number of rotatable bonds is 8. The van der Waals surface area contributed by atoms with Crippen LogP contribution < -0.4 is 5.32 Å². The van der Waals surface area contributed by atoms with Gasteiger partial charge < -0.3 is 5.32 Å². The van der Waals surface area contributed by atoms with Gasteiger partial charge >= 0.3 is 0 Å². The predicted octanol–water partition coefficient (Wildman–Crippen LogP) is 5.30. The first-order chi connectivity index (χ1) is 15.2. The molecule has 0 radical (unpaired) electrons. The van der Waals surface area contributed by atoms with E-state index in [-0.39, 0.29) is 5.91 Å². The van der Waals surface area contributed by atoms with Gasteiger partial charge in [0.15, 0.2) is 5.16 Å². The summed E-state index contributed by atoms with van der Waals surface area (Å²) < 4.78 is 2.07. The highest BCUT2D eigenvalue weighted by atomic mass is 32.2. The van der Waals surface area contributed by atoms with Gasteiger partial charge in [-0.1, -0.05) is 84.6 Å². The predicted molar refractivity (Wildman–Crippen MR) is 128 cm³/mol. The van der Waals surface area contributed by atoms with Gasteiger partial charge in [-0.3, -0.25) is 9.36 Å². The van der Waals surface area contributed by atoms with E-state index in [1.54, 1.807) is 0 Å². The largest absolute Gasteiger partial charge is 0.355 e. The fraction of sp³-hybridized carbons (Fsp3) is 0.154. The summed E-state index contributed by atoms with van der Waals surface area (Å²) in [7, 11) is 0. The van der Waals surface area contributed by atoms with Crippen LogP contribution in [-0.4, -0.2) is 27.8 Å². The summed E-state index contributed by atoms with van der Waals surface area (Å²) in [6.45, 7) is 2.70. The molecule has 0 aliphatic heterocycles. The highest BCUT2D eigenvalue weighted by Crippen LogP contribution is 2.27. The van der Waals surface area contributed by atoms with Gasteiger partial charge in [0, 0.05) is 24.0 Å². The Balaban J connectivity index is 1.46. The van der Waals surface area contributed by atoms with Gasteiger partial charge in [-0.25, -0.2) is 4.98 Å². The number of benzene rings is 3. The van der Waals surface area contributed by atoms with E-state index in [9.17, 15) is 4.79 Å². The molecule has 1 heterocycles. The molecular formula is C26H25N3OS. The molecule has 31 heavy (non-hydrogen) atoms. The fourth-order valence-corrected chi connectivity index (χ4v) is 4.17. The molecule has 3 aromatic carbocycles. The first-order valence-electron chi connectivity index (χ1n) is 10.3. The zero-order valence-electron chi connectivity index (χ0n) is 17.5. The minimum Gasteiger partial charge on any atom is -0.355 e. The van der Waals surface area contributed by atoms with E-state index in [0.29, 0.717) is 12.3 Å². The molecule has 0 unspecified atom stereocenters. The van der Waals surface area contributed by atoms with Crippen molar-refractivity contribution in [2.45, 2.75) is 18.5 Å². The van der Waals surface area contributed by atoms with Gasteiger partial charge in [0.2, 0.25) is 5.91 Å². The zero-order valence-corrected chi connectivity index (χ0v) is 18.3. The van der Waals surface area contributed by atoms with Crippen molar-refractivity contribution < 1.29 is 4.79 Å². The lowest BCUT2D eigenvalue weighted by Gasteiger charge is -2.08. The topological polar surface area (TPSA) is 46.9 Å². The fourth-order valence-electron chi connectivity index (χ4n) is 3.35. The van der Waals surface area contributed by atoms with Crippen LogP contribution in [0.25, 0.3) is 16.9 Å². The van der Waals surface area contributed by atoms with E-state index in [2.05, 4.69) is 47.1 Å². The van der Waals surface area contributed by atoms with Crippen molar-refractivity contribution in [2.75, 3.05) is 12.3 Å². The second-order valence-electron chi connectivity index (χ2n) is 7.36. The van der Waals surface area contributed by atoms with Gasteiger partial charge in [0.05, 0.1) is 11.4 Å². The van der Waals surface area contributed by atoms with Gasteiger partial charge in [0.25, 0.3) is 0 Å². The van der Waals surface area contributed by atoms with Crippen LogP contribution in [0.5, 0.6) is 0 Å². The Labute approximate surface area is 187 Å². The minimum atomic E-state index is 0.0148. The summed E-state index contributed by atoms with van der Waals surface area (Å²) in [4.78, 5) is 17.2. The summed E-state index contributed by atoms with van der Waals surface area (Å²) in [6.07, 6.45) is 2.87. The lowest BCUT2D eigenvalue weighted by Crippen LogP contribution is -2.27. The van der Waals surface area contributed by atoms with Crippen LogP contribution in [0.4, 0.5) is 0 Å². The third-order valence-electron chi connectivity index (χ3n) is 4.93. The number of hydrogen-bond donors (Lipinski definition) is 1. The molecule has 0 aliphatic rings. The minimum absolute atomic E-state index is 0.0148. The molecular weight excluding hydrogens is 402 g/mol. The Kier molecular flexibility index (Phi) is 6.85. The number of nitrogens with one attached hydrogen (secondary N) is 1. The molecule has 4 rings (SSSR count). The van der Waals surface area contributed by atoms with E-state index in [1.807, 2.05) is 60.8 Å². The van der Waals surface area contributed by atoms with E-state index in [4.69, 9.17) is 4.98 Å². The molecule has 5 heteroatoms. The van der Waals surface area contributed by atoms with Crippen molar-refractivity contribution in [3.05, 3.63) is 102 Å². The van der Waals surface area contributed by atoms with Crippen molar-refractivity contribution in [1.82, 2.24) is 14.9 Å². The maximum Gasteiger partial charge on any atom is 0.230 e. The Morgan fingerprint density at radius 1 is 0.968 bits per heavy atom. The van der Waals surface area contributed by atoms with Crippen LogP contribution in [0.1, 0.15) is 11.1 Å². The van der Waals surface area contributed by atoms with Crippen molar-refractivity contribution in [3.63, 3.8) is 0 Å². The van der Waals surface area contributed by atoms with Crippen LogP contribution >= 0.6 is 11.8 Å². The summed E-state index contributed by atoms with van der Waals surface area (Å²) >= 11 is 1.46. The number of imidazole rings is 1. The molecule has 0 atom stereocenters. The average molecular weight is 428 g/mol. The lowest BCUT2D eigenvalue weighted by molar-refractivity contribution is -0.118. The second kappa shape index (κ2) is 10.1. The molecule has 1 amide bonds. The first kappa shape index (κ1) is 20.9. The van der Waals surface area contributed by atoms with Gasteiger partial charge in [-0.15, -0.1) is 0 Å². The second-order valence-corrected chi connectivity index (χ2v) is 8.30. The van der Waals surface area contributed by atoms with E-state index >= 15 is 0 Å². The first-order valence-corrected chi connectivity index (χ1v) is 11.3. The molecule has 4 aromatic rings. The molecule has 1 N–H and O–H groups in total. The van der Waals surface area contributed by atoms with Crippen molar-refractivity contribution in [3.8, 4) is 16.9 Å². The molecule has 0 saturated heterocycles. The number of aryl methyl sites for hydroxylation is 1. The molecule has 1 aromatic heterocycles. The van der Waals surface area contributed by atoms with Gasteiger partial charge in [0.1, 0.15) is 0 Å². The van der Waals surface area contributed by atoms with Crippen molar-refractivity contribution in [2.24, 2.45) is 0 Å². The number of carbonyl (C=O) groups is 1. The quantitative estimate of drug-likeness (QED) is 0.388. The molecule has 0 aliphatic carbocycles. The smallest absolute Gasteiger partial charge is 0.230 e. The highest BCUT2D eigenvalue weighted by molar-refractivity contribution is 7.99. The van der Waals surface area contributed by atoms with Crippen molar-refractivity contribution in [1.29, 1.82) is 0 Å². The van der Waals surface area contributed by atoms with Crippen LogP contribution in [0.2, 0.25) is 0 Å². The number of nitrogens with zero attached hydrogens (tertiary/aromatic N) is 2. The molecule has 0 bridgehead atoms. The van der Waals surface area contributed by atoms with Gasteiger partial charge in [-0.05, 0) is 36.6 Å². The Morgan fingerprint density at radius 3 is 2.45 bits per heavy atom. The van der Waals surface area contributed by atoms with Crippen molar-refractivity contribution >= 4 is 17.7 Å². The standard InChI is InChI=1S/C26H25N3OS/c1-20-9-8-14-23(17-20)29-18-24(22-12-6-3-7-13-22)28-26(29)31-19-25(30)27-16-15-21-10-4-2-5-11-21/h2-14,17-18H,15-16,19H2,1H3,(H,27,30). The average Bonchev–Trinajstić information content (AvgIpc) is 3.23. The Bertz CT molecular complexity index is 1140. The SMILES string of the molecule is Cc1cccc(-n2cc(-c3ccccc3)nc2SCC(=O)NCCc2ccccc2)c1. The monoisotopic (exact) mass is 427 g/mol. The Hall–Kier alpha value is -3.31. The highest BCUT2D eigenvalue weighted by Gasteiger charge is 2.14. The number of amides is 1. The summed E-state index contributed by atoms with van der Waals surface area (Å²) in [5.74, 6) is 0.340.